The van der Waals surface area contributed by atoms with Crippen LogP contribution in [-0.4, -0.2) is 67.3 Å². The molecule has 0 aliphatic carbocycles. The van der Waals surface area contributed by atoms with Crippen LogP contribution in [0.25, 0.3) is 0 Å². The minimum Gasteiger partial charge on any atom is -0.383 e. The largest absolute Gasteiger partial charge is 0.383 e. The van der Waals surface area contributed by atoms with Crippen LogP contribution in [0.5, 0.6) is 0 Å². The summed E-state index contributed by atoms with van der Waals surface area (Å²) in [6.45, 7) is 5.97. The topological polar surface area (TPSA) is 77.9 Å². The number of amides is 1. The maximum Gasteiger partial charge on any atom is 0.229 e. The van der Waals surface area contributed by atoms with Crippen molar-refractivity contribution in [3.05, 3.63) is 47.8 Å². The first kappa shape index (κ1) is 21.9. The van der Waals surface area contributed by atoms with E-state index >= 15 is 0 Å². The van der Waals surface area contributed by atoms with Gasteiger partial charge in [0.05, 0.1) is 45.4 Å². The molecule has 2 aromatic rings. The van der Waals surface area contributed by atoms with Crippen molar-refractivity contribution >= 4 is 5.91 Å². The van der Waals surface area contributed by atoms with Gasteiger partial charge in [0.2, 0.25) is 5.91 Å². The van der Waals surface area contributed by atoms with Gasteiger partial charge in [-0.2, -0.15) is 0 Å². The third-order valence-corrected chi connectivity index (χ3v) is 6.82. The first-order valence-corrected chi connectivity index (χ1v) is 11.5. The Hall–Kier alpha value is -2.29. The maximum atomic E-state index is 12.6. The van der Waals surface area contributed by atoms with Crippen molar-refractivity contribution in [1.82, 2.24) is 20.3 Å². The molecule has 3 aliphatic rings. The summed E-state index contributed by atoms with van der Waals surface area (Å²) in [7, 11) is 3.85. The molecule has 2 bridgehead atoms. The van der Waals surface area contributed by atoms with E-state index in [0.29, 0.717) is 25.1 Å². The molecule has 1 aromatic heterocycles. The molecule has 3 N–H and O–H groups in total. The van der Waals surface area contributed by atoms with Crippen molar-refractivity contribution in [2.75, 3.05) is 40.4 Å². The highest BCUT2D eigenvalue weighted by Gasteiger charge is 2.46. The standard InChI is InChI=1S/C23H34N6O2/c1-27(13-18-6-4-3-5-7-18)14-20-15-29(26-25-20)16-21-12-19-8-10-28(21)17-22(19)23(30)24-9-11-31-2/h3-7,15,19,21-22H,8-14,16-17H2,1-2H3,(H,24,30)/p+2/t19-,21-,22+/m1/s1. The summed E-state index contributed by atoms with van der Waals surface area (Å²) in [5.74, 6) is 0.818. The lowest BCUT2D eigenvalue weighted by atomic mass is 9.75. The number of nitrogens with zero attached hydrogens (tertiary/aromatic N) is 3. The van der Waals surface area contributed by atoms with Crippen molar-refractivity contribution in [3.8, 4) is 0 Å². The molecule has 31 heavy (non-hydrogen) atoms. The van der Waals surface area contributed by atoms with Gasteiger partial charge < -0.3 is 19.9 Å². The Labute approximate surface area is 184 Å². The highest BCUT2D eigenvalue weighted by molar-refractivity contribution is 5.79. The fourth-order valence-corrected chi connectivity index (χ4v) is 5.28. The Morgan fingerprint density at radius 2 is 2.16 bits per heavy atom. The van der Waals surface area contributed by atoms with Crippen molar-refractivity contribution in [3.63, 3.8) is 0 Å². The molecule has 8 heteroatoms. The van der Waals surface area contributed by atoms with Crippen LogP contribution in [0.4, 0.5) is 0 Å². The average Bonchev–Trinajstić information content (AvgIpc) is 3.21. The molecule has 0 spiro atoms. The highest BCUT2D eigenvalue weighted by atomic mass is 16.5. The number of benzene rings is 1. The molecule has 5 rings (SSSR count). The van der Waals surface area contributed by atoms with Gasteiger partial charge in [0.1, 0.15) is 24.8 Å². The number of rotatable bonds is 10. The molecule has 1 amide bonds. The minimum atomic E-state index is 0.137. The van der Waals surface area contributed by atoms with Gasteiger partial charge in [-0.15, -0.1) is 5.10 Å². The average molecular weight is 429 g/mol. The van der Waals surface area contributed by atoms with Gasteiger partial charge in [-0.25, -0.2) is 4.68 Å². The number of hydrogen-bond acceptors (Lipinski definition) is 4. The molecular formula is C23H36N6O2+2. The zero-order valence-corrected chi connectivity index (χ0v) is 18.7. The zero-order valence-electron chi connectivity index (χ0n) is 18.7. The van der Waals surface area contributed by atoms with Crippen molar-refractivity contribution in [1.29, 1.82) is 0 Å². The van der Waals surface area contributed by atoms with Crippen LogP contribution in [0.3, 0.4) is 0 Å². The van der Waals surface area contributed by atoms with Crippen LogP contribution in [0.1, 0.15) is 24.1 Å². The molecule has 4 heterocycles. The number of hydrogen-bond donors (Lipinski definition) is 3. The quantitative estimate of drug-likeness (QED) is 0.405. The molecule has 1 aromatic carbocycles. The number of carbonyl (C=O) groups is 1. The SMILES string of the molecule is COCCNC(=O)[C@H]1C[NH+]2CC[C@@H]1C[C@@H]2Cn1cc(C[NH+](C)Cc2ccccc2)nn1. The third-order valence-electron chi connectivity index (χ3n) is 6.82. The van der Waals surface area contributed by atoms with Gasteiger partial charge in [0.15, 0.2) is 0 Å². The molecule has 8 nitrogen and oxygen atoms in total. The fraction of sp³-hybridized carbons (Fsp3) is 0.609. The van der Waals surface area contributed by atoms with Crippen molar-refractivity contribution in [2.24, 2.45) is 11.8 Å². The second kappa shape index (κ2) is 10.3. The van der Waals surface area contributed by atoms with E-state index in [9.17, 15) is 4.79 Å². The second-order valence-corrected chi connectivity index (χ2v) is 9.21. The van der Waals surface area contributed by atoms with Gasteiger partial charge in [-0.1, -0.05) is 35.5 Å². The minimum absolute atomic E-state index is 0.137. The first-order valence-electron chi connectivity index (χ1n) is 11.5. The molecule has 3 aliphatic heterocycles. The second-order valence-electron chi connectivity index (χ2n) is 9.21. The summed E-state index contributed by atoms with van der Waals surface area (Å²) in [4.78, 5) is 15.5. The first-order chi connectivity index (χ1) is 15.1. The highest BCUT2D eigenvalue weighted by Crippen LogP contribution is 2.27. The summed E-state index contributed by atoms with van der Waals surface area (Å²) in [6, 6.07) is 11.1. The number of methoxy groups -OCH3 is 1. The molecule has 0 saturated carbocycles. The van der Waals surface area contributed by atoms with Crippen LogP contribution in [-0.2, 0) is 29.2 Å². The van der Waals surface area contributed by atoms with E-state index in [1.165, 1.54) is 10.5 Å². The van der Waals surface area contributed by atoms with Crippen molar-refractivity contribution in [2.45, 2.75) is 38.5 Å². The van der Waals surface area contributed by atoms with E-state index in [1.54, 1.807) is 12.0 Å². The van der Waals surface area contributed by atoms with Gasteiger partial charge in [0.25, 0.3) is 0 Å². The molecule has 3 saturated heterocycles. The van der Waals surface area contributed by atoms with Gasteiger partial charge in [-0.05, 0) is 5.92 Å². The van der Waals surface area contributed by atoms with Gasteiger partial charge in [0, 0.05) is 32.1 Å². The van der Waals surface area contributed by atoms with E-state index < -0.39 is 0 Å². The number of piperidine rings is 3. The predicted octanol–water partition coefficient (Wildman–Crippen LogP) is -1.45. The van der Waals surface area contributed by atoms with Gasteiger partial charge >= 0.3 is 0 Å². The summed E-state index contributed by atoms with van der Waals surface area (Å²) in [5, 5.41) is 11.9. The number of carbonyl (C=O) groups excluding carboxylic acids is 1. The monoisotopic (exact) mass is 428 g/mol. The number of ether oxygens (including phenoxy) is 1. The number of aromatic nitrogens is 3. The molecule has 3 fully saturated rings. The van der Waals surface area contributed by atoms with E-state index in [1.807, 2.05) is 4.68 Å². The van der Waals surface area contributed by atoms with Gasteiger partial charge in [-0.3, -0.25) is 4.79 Å². The Bertz CT molecular complexity index is 842. The van der Waals surface area contributed by atoms with E-state index in [4.69, 9.17) is 4.74 Å². The van der Waals surface area contributed by atoms with E-state index in [0.717, 1.165) is 51.3 Å². The predicted molar refractivity (Wildman–Crippen MR) is 116 cm³/mol. The fourth-order valence-electron chi connectivity index (χ4n) is 5.28. The normalized spacial score (nSPS) is 26.0. The summed E-state index contributed by atoms with van der Waals surface area (Å²) < 4.78 is 7.05. The maximum absolute atomic E-state index is 12.6. The third kappa shape index (κ3) is 5.70. The van der Waals surface area contributed by atoms with Crippen LogP contribution in [0, 0.1) is 11.8 Å². The van der Waals surface area contributed by atoms with E-state index in [-0.39, 0.29) is 11.8 Å². The van der Waals surface area contributed by atoms with Crippen LogP contribution < -0.4 is 15.1 Å². The lowest BCUT2D eigenvalue weighted by Crippen LogP contribution is -3.20. The lowest BCUT2D eigenvalue weighted by Gasteiger charge is -2.46. The van der Waals surface area contributed by atoms with E-state index in [2.05, 4.69) is 59.2 Å². The van der Waals surface area contributed by atoms with Crippen LogP contribution in [0.2, 0.25) is 0 Å². The van der Waals surface area contributed by atoms with Crippen LogP contribution in [0.15, 0.2) is 36.5 Å². The Balaban J connectivity index is 1.27. The Morgan fingerprint density at radius 3 is 2.90 bits per heavy atom. The smallest absolute Gasteiger partial charge is 0.229 e. The lowest BCUT2D eigenvalue weighted by molar-refractivity contribution is -0.945. The number of nitrogens with one attached hydrogen (secondary N) is 3. The molecule has 0 radical (unpaired) electrons. The van der Waals surface area contributed by atoms with Crippen molar-refractivity contribution < 1.29 is 19.3 Å². The summed E-state index contributed by atoms with van der Waals surface area (Å²) >= 11 is 0. The zero-order chi connectivity index (χ0) is 21.6. The molecule has 5 atom stereocenters. The van der Waals surface area contributed by atoms with Crippen LogP contribution >= 0.6 is 0 Å². The molecule has 2 unspecified atom stereocenters. The summed E-state index contributed by atoms with van der Waals surface area (Å²) in [5.41, 5.74) is 2.37. The molecule has 168 valence electrons. The summed E-state index contributed by atoms with van der Waals surface area (Å²) in [6.07, 6.45) is 4.34. The molecular weight excluding hydrogens is 392 g/mol. The Kier molecular flexibility index (Phi) is 7.32. The number of fused-ring (bicyclic) bond motifs is 3. The number of quaternary nitrogens is 2. The Morgan fingerprint density at radius 1 is 1.32 bits per heavy atom.